The van der Waals surface area contributed by atoms with Gasteiger partial charge in [-0.2, -0.15) is 4.98 Å². The highest BCUT2D eigenvalue weighted by Crippen LogP contribution is 2.20. The van der Waals surface area contributed by atoms with Crippen LogP contribution in [0.2, 0.25) is 0 Å². The van der Waals surface area contributed by atoms with E-state index in [1.807, 2.05) is 13.8 Å². The lowest BCUT2D eigenvalue weighted by molar-refractivity contribution is 0.310. The summed E-state index contributed by atoms with van der Waals surface area (Å²) in [4.78, 5) is 4.19. The van der Waals surface area contributed by atoms with Gasteiger partial charge < -0.3 is 10.3 Å². The first kappa shape index (κ1) is 14.6. The maximum Gasteiger partial charge on any atom is 0.243 e. The molecule has 0 aliphatic carbocycles. The van der Waals surface area contributed by atoms with Gasteiger partial charge in [0.05, 0.1) is 6.04 Å². The molecule has 1 aromatic carbocycles. The van der Waals surface area contributed by atoms with Gasteiger partial charge in [0, 0.05) is 12.5 Å². The average molecular weight is 281 g/mol. The quantitative estimate of drug-likeness (QED) is 0.915. The monoisotopic (exact) mass is 281 g/mol. The van der Waals surface area contributed by atoms with Crippen LogP contribution in [0.5, 0.6) is 0 Å². The van der Waals surface area contributed by atoms with E-state index < -0.39 is 11.6 Å². The van der Waals surface area contributed by atoms with Gasteiger partial charge in [0.2, 0.25) is 5.89 Å². The second-order valence-corrected chi connectivity index (χ2v) is 4.91. The topological polar surface area (TPSA) is 64.9 Å². The lowest BCUT2D eigenvalue weighted by atomic mass is 10.0. The molecule has 2 aromatic rings. The summed E-state index contributed by atoms with van der Waals surface area (Å²) < 4.78 is 31.3. The van der Waals surface area contributed by atoms with Crippen LogP contribution >= 0.6 is 0 Å². The molecule has 0 saturated heterocycles. The van der Waals surface area contributed by atoms with Crippen LogP contribution in [-0.2, 0) is 6.42 Å². The Balaban J connectivity index is 2.13. The summed E-state index contributed by atoms with van der Waals surface area (Å²) in [5, 5.41) is 3.80. The zero-order chi connectivity index (χ0) is 14.7. The van der Waals surface area contributed by atoms with E-state index >= 15 is 0 Å². The Morgan fingerprint density at radius 3 is 2.50 bits per heavy atom. The predicted octanol–water partition coefficient (Wildman–Crippen LogP) is 2.98. The largest absolute Gasteiger partial charge is 0.338 e. The maximum absolute atomic E-state index is 13.1. The number of rotatable bonds is 5. The van der Waals surface area contributed by atoms with Crippen molar-refractivity contribution in [3.63, 3.8) is 0 Å². The Morgan fingerprint density at radius 2 is 1.90 bits per heavy atom. The van der Waals surface area contributed by atoms with Gasteiger partial charge in [-0.15, -0.1) is 0 Å². The van der Waals surface area contributed by atoms with Crippen molar-refractivity contribution in [3.05, 3.63) is 47.1 Å². The van der Waals surface area contributed by atoms with Crippen LogP contribution < -0.4 is 5.73 Å². The second kappa shape index (κ2) is 6.09. The van der Waals surface area contributed by atoms with Gasteiger partial charge in [-0.1, -0.05) is 25.4 Å². The summed E-state index contributed by atoms with van der Waals surface area (Å²) in [6.45, 7) is 4.02. The van der Waals surface area contributed by atoms with Crippen LogP contribution in [0.1, 0.15) is 43.6 Å². The molecule has 0 aliphatic rings. The van der Waals surface area contributed by atoms with Crippen LogP contribution in [0.4, 0.5) is 8.78 Å². The fourth-order valence-corrected chi connectivity index (χ4v) is 1.87. The number of nitrogens with zero attached hydrogens (tertiary/aromatic N) is 2. The van der Waals surface area contributed by atoms with E-state index in [4.69, 9.17) is 10.3 Å². The first-order valence-corrected chi connectivity index (χ1v) is 6.52. The van der Waals surface area contributed by atoms with Gasteiger partial charge in [-0.3, -0.25) is 0 Å². The lowest BCUT2D eigenvalue weighted by Crippen LogP contribution is -2.18. The summed E-state index contributed by atoms with van der Waals surface area (Å²) in [5.74, 6) is -0.315. The molecular formula is C14H17F2N3O. The molecule has 0 saturated carbocycles. The summed E-state index contributed by atoms with van der Waals surface area (Å²) in [7, 11) is 0. The Labute approximate surface area is 116 Å². The molecule has 2 N–H and O–H groups in total. The fourth-order valence-electron chi connectivity index (χ4n) is 1.87. The first-order chi connectivity index (χ1) is 9.49. The minimum absolute atomic E-state index is 0.200. The molecule has 1 heterocycles. The van der Waals surface area contributed by atoms with Crippen LogP contribution in [0.3, 0.4) is 0 Å². The number of benzene rings is 1. The zero-order valence-electron chi connectivity index (χ0n) is 11.4. The van der Waals surface area contributed by atoms with Gasteiger partial charge in [0.25, 0.3) is 0 Å². The van der Waals surface area contributed by atoms with Gasteiger partial charge in [-0.05, 0) is 23.6 Å². The standard InChI is InChI=1S/C14H17F2N3O/c1-3-8(2)13(17)14-18-12(19-20-14)6-9-4-10(15)7-11(16)5-9/h4-5,7-8,13H,3,6,17H2,1-2H3/t8?,13-/m0/s1. The molecule has 1 unspecified atom stereocenters. The highest BCUT2D eigenvalue weighted by molar-refractivity contribution is 5.21. The van der Waals surface area contributed by atoms with Crippen molar-refractivity contribution in [3.8, 4) is 0 Å². The number of hydrogen-bond donors (Lipinski definition) is 1. The highest BCUT2D eigenvalue weighted by atomic mass is 19.1. The van der Waals surface area contributed by atoms with Crippen molar-refractivity contribution in [2.75, 3.05) is 0 Å². The highest BCUT2D eigenvalue weighted by Gasteiger charge is 2.20. The number of halogens is 2. The molecule has 0 bridgehead atoms. The number of aromatic nitrogens is 2. The van der Waals surface area contributed by atoms with Gasteiger partial charge >= 0.3 is 0 Å². The smallest absolute Gasteiger partial charge is 0.243 e. The minimum atomic E-state index is -0.625. The summed E-state index contributed by atoms with van der Waals surface area (Å²) >= 11 is 0. The van der Waals surface area contributed by atoms with Crippen LogP contribution in [0.15, 0.2) is 22.7 Å². The molecule has 2 rings (SSSR count). The van der Waals surface area contributed by atoms with E-state index in [2.05, 4.69) is 10.1 Å². The normalized spacial score (nSPS) is 14.2. The summed E-state index contributed by atoms with van der Waals surface area (Å²) in [5.41, 5.74) is 6.44. The molecule has 108 valence electrons. The van der Waals surface area contributed by atoms with E-state index in [-0.39, 0.29) is 18.4 Å². The Hall–Kier alpha value is -1.82. The van der Waals surface area contributed by atoms with Gasteiger partial charge in [0.15, 0.2) is 5.82 Å². The van der Waals surface area contributed by atoms with Gasteiger partial charge in [-0.25, -0.2) is 8.78 Å². The van der Waals surface area contributed by atoms with Crippen LogP contribution in [-0.4, -0.2) is 10.1 Å². The molecule has 0 fully saturated rings. The molecule has 0 spiro atoms. The fraction of sp³-hybridized carbons (Fsp3) is 0.429. The average Bonchev–Trinajstić information content (AvgIpc) is 2.84. The molecule has 0 radical (unpaired) electrons. The molecule has 0 aliphatic heterocycles. The van der Waals surface area contributed by atoms with Crippen molar-refractivity contribution < 1.29 is 13.3 Å². The van der Waals surface area contributed by atoms with Crippen molar-refractivity contribution in [1.82, 2.24) is 10.1 Å². The van der Waals surface area contributed by atoms with Crippen LogP contribution in [0.25, 0.3) is 0 Å². The number of hydrogen-bond acceptors (Lipinski definition) is 4. The maximum atomic E-state index is 13.1. The van der Waals surface area contributed by atoms with E-state index in [1.165, 1.54) is 12.1 Å². The summed E-state index contributed by atoms with van der Waals surface area (Å²) in [6.07, 6.45) is 1.10. The molecule has 2 atom stereocenters. The molecule has 4 nitrogen and oxygen atoms in total. The third kappa shape index (κ3) is 3.39. The Morgan fingerprint density at radius 1 is 1.25 bits per heavy atom. The molecule has 20 heavy (non-hydrogen) atoms. The van der Waals surface area contributed by atoms with Crippen LogP contribution in [0, 0.1) is 17.6 Å². The van der Waals surface area contributed by atoms with E-state index in [0.717, 1.165) is 12.5 Å². The Bertz CT molecular complexity index is 565. The Kier molecular flexibility index (Phi) is 4.44. The van der Waals surface area contributed by atoms with E-state index in [1.54, 1.807) is 0 Å². The van der Waals surface area contributed by atoms with Crippen molar-refractivity contribution in [1.29, 1.82) is 0 Å². The summed E-state index contributed by atoms with van der Waals surface area (Å²) in [6, 6.07) is 2.98. The molecular weight excluding hydrogens is 264 g/mol. The van der Waals surface area contributed by atoms with E-state index in [0.29, 0.717) is 17.3 Å². The minimum Gasteiger partial charge on any atom is -0.338 e. The molecule has 0 amide bonds. The number of nitrogens with two attached hydrogens (primary N) is 1. The first-order valence-electron chi connectivity index (χ1n) is 6.52. The SMILES string of the molecule is CCC(C)[C@H](N)c1nc(Cc2cc(F)cc(F)c2)no1. The van der Waals surface area contributed by atoms with Crippen molar-refractivity contribution in [2.45, 2.75) is 32.7 Å². The lowest BCUT2D eigenvalue weighted by Gasteiger charge is -2.12. The third-order valence-electron chi connectivity index (χ3n) is 3.31. The molecule has 6 heteroatoms. The molecule has 1 aromatic heterocycles. The van der Waals surface area contributed by atoms with Crippen molar-refractivity contribution in [2.24, 2.45) is 11.7 Å². The zero-order valence-corrected chi connectivity index (χ0v) is 11.4. The van der Waals surface area contributed by atoms with Crippen molar-refractivity contribution >= 4 is 0 Å². The van der Waals surface area contributed by atoms with Gasteiger partial charge in [0.1, 0.15) is 11.6 Å². The van der Waals surface area contributed by atoms with E-state index in [9.17, 15) is 8.78 Å². The second-order valence-electron chi connectivity index (χ2n) is 4.91. The third-order valence-corrected chi connectivity index (χ3v) is 3.31. The predicted molar refractivity (Wildman–Crippen MR) is 69.8 cm³/mol.